The van der Waals surface area contributed by atoms with Crippen molar-refractivity contribution in [2.45, 2.75) is 25.1 Å². The van der Waals surface area contributed by atoms with E-state index in [2.05, 4.69) is 15.5 Å². The number of anilines is 1. The molecule has 0 bridgehead atoms. The number of nitrogens with zero attached hydrogens (tertiary/aromatic N) is 3. The van der Waals surface area contributed by atoms with Gasteiger partial charge >= 0.3 is 0 Å². The van der Waals surface area contributed by atoms with Crippen molar-refractivity contribution in [1.82, 2.24) is 14.8 Å². The van der Waals surface area contributed by atoms with E-state index in [1.54, 1.807) is 0 Å². The highest BCUT2D eigenvalue weighted by Crippen LogP contribution is 2.35. The van der Waals surface area contributed by atoms with E-state index in [4.69, 9.17) is 9.47 Å². The van der Waals surface area contributed by atoms with E-state index in [-0.39, 0.29) is 17.8 Å². The molecule has 1 unspecified atom stereocenters. The van der Waals surface area contributed by atoms with Crippen LogP contribution in [0.1, 0.15) is 23.1 Å². The zero-order valence-corrected chi connectivity index (χ0v) is 17.3. The number of aromatic nitrogens is 3. The Bertz CT molecular complexity index is 1050. The predicted molar refractivity (Wildman–Crippen MR) is 112 cm³/mol. The molecule has 1 N–H and O–H groups in total. The Labute approximate surface area is 173 Å². The number of aryl methyl sites for hydroxylation is 2. The highest BCUT2D eigenvalue weighted by Gasteiger charge is 2.27. The zero-order valence-electron chi connectivity index (χ0n) is 16.5. The number of ether oxygens (including phenoxy) is 2. The van der Waals surface area contributed by atoms with E-state index in [1.165, 1.54) is 11.8 Å². The molecule has 0 fully saturated rings. The average molecular weight is 410 g/mol. The maximum Gasteiger partial charge on any atom is 0.234 e. The van der Waals surface area contributed by atoms with Crippen LogP contribution in [0.4, 0.5) is 5.69 Å². The molecule has 1 aliphatic rings. The zero-order chi connectivity index (χ0) is 20.4. The molecule has 0 saturated heterocycles. The Morgan fingerprint density at radius 1 is 1.21 bits per heavy atom. The number of benzene rings is 2. The van der Waals surface area contributed by atoms with Gasteiger partial charge in [-0.15, -0.1) is 10.2 Å². The van der Waals surface area contributed by atoms with Gasteiger partial charge < -0.3 is 19.4 Å². The largest absolute Gasteiger partial charge is 0.485 e. The summed E-state index contributed by atoms with van der Waals surface area (Å²) in [6, 6.07) is 13.5. The van der Waals surface area contributed by atoms with Crippen LogP contribution in [0.15, 0.2) is 47.6 Å². The molecule has 1 atom stereocenters. The lowest BCUT2D eigenvalue weighted by Gasteiger charge is -2.25. The number of hydrogen-bond donors (Lipinski definition) is 1. The van der Waals surface area contributed by atoms with Crippen molar-refractivity contribution in [2.75, 3.05) is 17.7 Å². The van der Waals surface area contributed by atoms with Crippen molar-refractivity contribution in [2.24, 2.45) is 7.05 Å². The number of carbonyl (C=O) groups excluding carboxylic acids is 1. The number of amides is 1. The Balaban J connectivity index is 1.38. The lowest BCUT2D eigenvalue weighted by atomic mass is 10.1. The lowest BCUT2D eigenvalue weighted by molar-refractivity contribution is -0.113. The molecular formula is C21H22N4O3S. The summed E-state index contributed by atoms with van der Waals surface area (Å²) in [7, 11) is 1.86. The monoisotopic (exact) mass is 410 g/mol. The lowest BCUT2D eigenvalue weighted by Crippen LogP contribution is -2.24. The van der Waals surface area contributed by atoms with Crippen molar-refractivity contribution in [3.63, 3.8) is 0 Å². The van der Waals surface area contributed by atoms with E-state index in [1.807, 2.05) is 67.9 Å². The van der Waals surface area contributed by atoms with Crippen molar-refractivity contribution in [3.05, 3.63) is 59.4 Å². The number of carbonyl (C=O) groups is 1. The molecule has 8 heteroatoms. The second kappa shape index (κ2) is 8.16. The molecule has 0 aliphatic carbocycles. The molecular weight excluding hydrogens is 388 g/mol. The molecule has 0 saturated carbocycles. The van der Waals surface area contributed by atoms with Gasteiger partial charge in [0, 0.05) is 12.7 Å². The summed E-state index contributed by atoms with van der Waals surface area (Å²) in [5.74, 6) is 2.23. The molecule has 7 nitrogen and oxygen atoms in total. The third kappa shape index (κ3) is 4.22. The van der Waals surface area contributed by atoms with Gasteiger partial charge in [-0.2, -0.15) is 0 Å². The number of fused-ring (bicyclic) bond motifs is 1. The van der Waals surface area contributed by atoms with Crippen molar-refractivity contribution < 1.29 is 14.3 Å². The molecule has 2 heterocycles. The van der Waals surface area contributed by atoms with Crippen molar-refractivity contribution in [3.8, 4) is 11.5 Å². The molecule has 150 valence electrons. The number of nitrogens with one attached hydrogen (secondary N) is 1. The van der Waals surface area contributed by atoms with E-state index >= 15 is 0 Å². The summed E-state index contributed by atoms with van der Waals surface area (Å²) in [6.07, 6.45) is -0.346. The molecule has 2 aromatic carbocycles. The van der Waals surface area contributed by atoms with Crippen LogP contribution in [-0.4, -0.2) is 33.0 Å². The Hall–Kier alpha value is -3.00. The van der Waals surface area contributed by atoms with Crippen LogP contribution in [-0.2, 0) is 11.8 Å². The molecule has 1 aliphatic heterocycles. The smallest absolute Gasteiger partial charge is 0.234 e. The van der Waals surface area contributed by atoms with E-state index < -0.39 is 0 Å². The number of hydrogen-bond acceptors (Lipinski definition) is 6. The fourth-order valence-electron chi connectivity index (χ4n) is 3.15. The second-order valence-electron chi connectivity index (χ2n) is 6.92. The molecule has 0 radical (unpaired) electrons. The average Bonchev–Trinajstić information content (AvgIpc) is 3.08. The predicted octanol–water partition coefficient (Wildman–Crippen LogP) is 3.68. The maximum atomic E-state index is 12.3. The highest BCUT2D eigenvalue weighted by atomic mass is 32.2. The Kier molecular flexibility index (Phi) is 5.44. The van der Waals surface area contributed by atoms with Crippen LogP contribution in [0, 0.1) is 13.8 Å². The molecule has 1 aromatic heterocycles. The van der Waals surface area contributed by atoms with Gasteiger partial charge in [-0.25, -0.2) is 0 Å². The van der Waals surface area contributed by atoms with Gasteiger partial charge in [0.05, 0.1) is 5.75 Å². The van der Waals surface area contributed by atoms with Crippen LogP contribution in [0.2, 0.25) is 0 Å². The van der Waals surface area contributed by atoms with E-state index in [0.29, 0.717) is 23.3 Å². The first kappa shape index (κ1) is 19.3. The molecule has 1 amide bonds. The minimum atomic E-state index is -0.346. The molecule has 3 aromatic rings. The Morgan fingerprint density at radius 2 is 2.00 bits per heavy atom. The van der Waals surface area contributed by atoms with E-state index in [0.717, 1.165) is 22.6 Å². The summed E-state index contributed by atoms with van der Waals surface area (Å²) in [6.45, 7) is 4.37. The highest BCUT2D eigenvalue weighted by molar-refractivity contribution is 7.99. The van der Waals surface area contributed by atoms with Crippen LogP contribution in [0.3, 0.4) is 0 Å². The van der Waals surface area contributed by atoms with E-state index in [9.17, 15) is 4.79 Å². The third-order valence-electron chi connectivity index (χ3n) is 4.65. The summed E-state index contributed by atoms with van der Waals surface area (Å²) in [5, 5.41) is 12.1. The van der Waals surface area contributed by atoms with Crippen LogP contribution >= 0.6 is 11.8 Å². The van der Waals surface area contributed by atoms with Crippen LogP contribution < -0.4 is 14.8 Å². The van der Waals surface area contributed by atoms with Gasteiger partial charge in [0.25, 0.3) is 0 Å². The minimum absolute atomic E-state index is 0.0855. The quantitative estimate of drug-likeness (QED) is 0.647. The van der Waals surface area contributed by atoms with Gasteiger partial charge in [-0.1, -0.05) is 41.6 Å². The summed E-state index contributed by atoms with van der Waals surface area (Å²) in [5.41, 5.74) is 3.03. The summed E-state index contributed by atoms with van der Waals surface area (Å²) < 4.78 is 13.6. The summed E-state index contributed by atoms with van der Waals surface area (Å²) >= 11 is 1.33. The fourth-order valence-corrected chi connectivity index (χ4v) is 3.87. The fraction of sp³-hybridized carbons (Fsp3) is 0.286. The van der Waals surface area contributed by atoms with Crippen LogP contribution in [0.25, 0.3) is 0 Å². The number of rotatable bonds is 5. The van der Waals surface area contributed by atoms with Gasteiger partial charge in [-0.05, 0) is 37.6 Å². The first-order valence-electron chi connectivity index (χ1n) is 9.29. The maximum absolute atomic E-state index is 12.3. The third-order valence-corrected chi connectivity index (χ3v) is 5.67. The number of thioether (sulfide) groups is 1. The van der Waals surface area contributed by atoms with Gasteiger partial charge in [0.15, 0.2) is 28.6 Å². The first-order chi connectivity index (χ1) is 14.0. The SMILES string of the molecule is Cc1ccc(NC(=O)CSc2nnc(C3COc4ccccc4O3)n2C)c(C)c1. The topological polar surface area (TPSA) is 78.3 Å². The minimum Gasteiger partial charge on any atom is -0.485 e. The van der Waals surface area contributed by atoms with Gasteiger partial charge in [0.2, 0.25) is 5.91 Å². The van der Waals surface area contributed by atoms with Crippen molar-refractivity contribution >= 4 is 23.4 Å². The molecule has 4 rings (SSSR count). The van der Waals surface area contributed by atoms with Gasteiger partial charge in [-0.3, -0.25) is 4.79 Å². The van der Waals surface area contributed by atoms with Crippen molar-refractivity contribution in [1.29, 1.82) is 0 Å². The summed E-state index contributed by atoms with van der Waals surface area (Å²) in [4.78, 5) is 12.3. The normalized spacial score (nSPS) is 15.2. The van der Waals surface area contributed by atoms with Gasteiger partial charge in [0.1, 0.15) is 6.61 Å². The van der Waals surface area contributed by atoms with Crippen LogP contribution in [0.5, 0.6) is 11.5 Å². The Morgan fingerprint density at radius 3 is 2.79 bits per heavy atom. The molecule has 29 heavy (non-hydrogen) atoms. The first-order valence-corrected chi connectivity index (χ1v) is 10.3. The number of para-hydroxylation sites is 2. The standard InChI is InChI=1S/C21H22N4O3S/c1-13-8-9-15(14(2)10-13)22-19(26)12-29-21-24-23-20(25(21)3)18-11-27-16-6-4-5-7-17(16)28-18/h4-10,18H,11-12H2,1-3H3,(H,22,26). The second-order valence-corrected chi connectivity index (χ2v) is 7.86. The molecule has 0 spiro atoms.